The number of rotatable bonds is 6. The third-order valence-electron chi connectivity index (χ3n) is 3.30. The predicted octanol–water partition coefficient (Wildman–Crippen LogP) is 5.13. The Kier molecular flexibility index (Phi) is 5.13. The van der Waals surface area contributed by atoms with E-state index in [1.165, 1.54) is 11.8 Å². The number of benzene rings is 1. The number of aryl methyl sites for hydroxylation is 1. The second-order valence-electron chi connectivity index (χ2n) is 4.90. The van der Waals surface area contributed by atoms with Gasteiger partial charge in [-0.05, 0) is 31.5 Å². The average molecular weight is 348 g/mol. The average Bonchev–Trinajstić information content (AvgIpc) is 2.97. The molecule has 1 aromatic carbocycles. The SMILES string of the molecule is CCOc1ccc(-c2csc3nc(C)nc(SCCF)c23)cc1. The van der Waals surface area contributed by atoms with Crippen LogP contribution in [0.4, 0.5) is 4.39 Å². The fourth-order valence-electron chi connectivity index (χ4n) is 2.36. The second kappa shape index (κ2) is 7.27. The summed E-state index contributed by atoms with van der Waals surface area (Å²) in [5.74, 6) is 1.98. The van der Waals surface area contributed by atoms with Gasteiger partial charge in [-0.1, -0.05) is 12.1 Å². The summed E-state index contributed by atoms with van der Waals surface area (Å²) in [7, 11) is 0. The molecule has 23 heavy (non-hydrogen) atoms. The Balaban J connectivity index is 2.06. The number of halogens is 1. The lowest BCUT2D eigenvalue weighted by Gasteiger charge is -2.07. The highest BCUT2D eigenvalue weighted by atomic mass is 32.2. The van der Waals surface area contributed by atoms with Gasteiger partial charge < -0.3 is 4.74 Å². The Labute approximate surface area is 142 Å². The molecule has 2 aromatic heterocycles. The van der Waals surface area contributed by atoms with Crippen LogP contribution in [0.2, 0.25) is 0 Å². The van der Waals surface area contributed by atoms with Crippen molar-refractivity contribution >= 4 is 33.3 Å². The van der Waals surface area contributed by atoms with Crippen molar-refractivity contribution in [1.82, 2.24) is 9.97 Å². The van der Waals surface area contributed by atoms with Crippen molar-refractivity contribution in [2.75, 3.05) is 19.0 Å². The van der Waals surface area contributed by atoms with Crippen LogP contribution in [0.25, 0.3) is 21.3 Å². The third-order valence-corrected chi connectivity index (χ3v) is 5.10. The first-order chi connectivity index (χ1) is 11.2. The zero-order valence-electron chi connectivity index (χ0n) is 13.0. The van der Waals surface area contributed by atoms with E-state index in [0.29, 0.717) is 12.4 Å². The molecule has 2 heterocycles. The smallest absolute Gasteiger partial charge is 0.128 e. The number of alkyl halides is 1. The van der Waals surface area contributed by atoms with E-state index in [0.717, 1.165) is 37.9 Å². The summed E-state index contributed by atoms with van der Waals surface area (Å²) in [6.07, 6.45) is 0. The zero-order chi connectivity index (χ0) is 16.2. The van der Waals surface area contributed by atoms with Crippen molar-refractivity contribution < 1.29 is 9.13 Å². The minimum atomic E-state index is -0.363. The monoisotopic (exact) mass is 348 g/mol. The van der Waals surface area contributed by atoms with Crippen molar-refractivity contribution in [2.24, 2.45) is 0 Å². The lowest BCUT2D eigenvalue weighted by Crippen LogP contribution is -1.93. The molecule has 0 saturated heterocycles. The highest BCUT2D eigenvalue weighted by Crippen LogP contribution is 2.38. The first-order valence-electron chi connectivity index (χ1n) is 7.40. The van der Waals surface area contributed by atoms with Crippen LogP contribution in [-0.4, -0.2) is 29.0 Å². The van der Waals surface area contributed by atoms with Gasteiger partial charge in [0.25, 0.3) is 0 Å². The normalized spacial score (nSPS) is 11.1. The van der Waals surface area contributed by atoms with Gasteiger partial charge in [0.05, 0.1) is 18.7 Å². The molecule has 3 aromatic rings. The summed E-state index contributed by atoms with van der Waals surface area (Å²) in [5, 5.41) is 3.96. The number of hydrogen-bond acceptors (Lipinski definition) is 5. The molecule has 3 nitrogen and oxygen atoms in total. The van der Waals surface area contributed by atoms with Crippen LogP contribution >= 0.6 is 23.1 Å². The number of ether oxygens (including phenoxy) is 1. The summed E-state index contributed by atoms with van der Waals surface area (Å²) in [4.78, 5) is 9.97. The first kappa shape index (κ1) is 16.2. The molecule has 0 atom stereocenters. The first-order valence-corrected chi connectivity index (χ1v) is 9.27. The molecule has 0 bridgehead atoms. The van der Waals surface area contributed by atoms with Gasteiger partial charge in [0.15, 0.2) is 0 Å². The Morgan fingerprint density at radius 1 is 1.22 bits per heavy atom. The van der Waals surface area contributed by atoms with E-state index in [2.05, 4.69) is 15.3 Å². The lowest BCUT2D eigenvalue weighted by molar-refractivity contribution is 0.340. The predicted molar refractivity (Wildman–Crippen MR) is 95.5 cm³/mol. The van der Waals surface area contributed by atoms with Crippen LogP contribution in [0.1, 0.15) is 12.7 Å². The van der Waals surface area contributed by atoms with E-state index in [9.17, 15) is 4.39 Å². The van der Waals surface area contributed by atoms with E-state index in [1.54, 1.807) is 11.3 Å². The minimum Gasteiger partial charge on any atom is -0.494 e. The Morgan fingerprint density at radius 3 is 2.70 bits per heavy atom. The molecule has 0 aliphatic heterocycles. The molecule has 3 rings (SSSR count). The van der Waals surface area contributed by atoms with E-state index >= 15 is 0 Å². The molecule has 0 fully saturated rings. The lowest BCUT2D eigenvalue weighted by atomic mass is 10.1. The molecule has 0 aliphatic rings. The molecule has 0 spiro atoms. The van der Waals surface area contributed by atoms with Gasteiger partial charge >= 0.3 is 0 Å². The van der Waals surface area contributed by atoms with Crippen molar-refractivity contribution in [1.29, 1.82) is 0 Å². The van der Waals surface area contributed by atoms with E-state index in [-0.39, 0.29) is 6.67 Å². The number of hydrogen-bond donors (Lipinski definition) is 0. The Hall–Kier alpha value is -1.66. The van der Waals surface area contributed by atoms with Crippen LogP contribution < -0.4 is 4.74 Å². The number of thioether (sulfide) groups is 1. The second-order valence-corrected chi connectivity index (χ2v) is 6.84. The maximum Gasteiger partial charge on any atom is 0.128 e. The molecular weight excluding hydrogens is 331 g/mol. The van der Waals surface area contributed by atoms with Gasteiger partial charge in [-0.2, -0.15) is 0 Å². The minimum absolute atomic E-state index is 0.363. The largest absolute Gasteiger partial charge is 0.494 e. The summed E-state index contributed by atoms with van der Waals surface area (Å²) in [6, 6.07) is 8.00. The Bertz CT molecular complexity index is 802. The van der Waals surface area contributed by atoms with E-state index in [4.69, 9.17) is 4.74 Å². The van der Waals surface area contributed by atoms with Crippen LogP contribution in [0.3, 0.4) is 0 Å². The molecule has 0 aliphatic carbocycles. The number of nitrogens with zero attached hydrogens (tertiary/aromatic N) is 2. The molecule has 0 unspecified atom stereocenters. The van der Waals surface area contributed by atoms with Crippen molar-refractivity contribution in [3.8, 4) is 16.9 Å². The highest BCUT2D eigenvalue weighted by Gasteiger charge is 2.14. The van der Waals surface area contributed by atoms with Gasteiger partial charge in [0.1, 0.15) is 21.4 Å². The van der Waals surface area contributed by atoms with Gasteiger partial charge in [-0.25, -0.2) is 9.97 Å². The summed E-state index contributed by atoms with van der Waals surface area (Å²) in [5.41, 5.74) is 2.18. The molecule has 0 saturated carbocycles. The van der Waals surface area contributed by atoms with Crippen molar-refractivity contribution in [3.63, 3.8) is 0 Å². The topological polar surface area (TPSA) is 35.0 Å². The summed E-state index contributed by atoms with van der Waals surface area (Å²) >= 11 is 3.04. The molecule has 6 heteroatoms. The molecule has 0 N–H and O–H groups in total. The fraction of sp³-hybridized carbons (Fsp3) is 0.294. The fourth-order valence-corrected chi connectivity index (χ4v) is 4.24. The van der Waals surface area contributed by atoms with Gasteiger partial charge in [0.2, 0.25) is 0 Å². The van der Waals surface area contributed by atoms with Crippen LogP contribution in [-0.2, 0) is 0 Å². The van der Waals surface area contributed by atoms with Gasteiger partial charge in [-0.15, -0.1) is 23.1 Å². The molecule has 120 valence electrons. The van der Waals surface area contributed by atoms with E-state index in [1.807, 2.05) is 38.1 Å². The summed E-state index contributed by atoms with van der Waals surface area (Å²) < 4.78 is 18.1. The standard InChI is InChI=1S/C17H17FN2OS2/c1-3-21-13-6-4-12(5-7-13)14-10-23-17-15(14)16(22-9-8-18)19-11(2)20-17/h4-7,10H,3,8-9H2,1-2H3. The van der Waals surface area contributed by atoms with Crippen LogP contribution in [0.15, 0.2) is 34.7 Å². The number of aromatic nitrogens is 2. The van der Waals surface area contributed by atoms with Crippen LogP contribution in [0.5, 0.6) is 5.75 Å². The van der Waals surface area contributed by atoms with Gasteiger partial charge in [-0.3, -0.25) is 4.39 Å². The highest BCUT2D eigenvalue weighted by molar-refractivity contribution is 7.99. The Morgan fingerprint density at radius 2 is 2.00 bits per heavy atom. The maximum absolute atomic E-state index is 12.6. The molecule has 0 radical (unpaired) electrons. The zero-order valence-corrected chi connectivity index (χ0v) is 14.6. The molecular formula is C17H17FN2OS2. The van der Waals surface area contributed by atoms with Gasteiger partial charge in [0, 0.05) is 16.7 Å². The quantitative estimate of drug-likeness (QED) is 0.457. The van der Waals surface area contributed by atoms with Crippen molar-refractivity contribution in [2.45, 2.75) is 18.9 Å². The van der Waals surface area contributed by atoms with E-state index < -0.39 is 0 Å². The number of thiophene rings is 1. The molecule has 0 amide bonds. The summed E-state index contributed by atoms with van der Waals surface area (Å²) in [6.45, 7) is 4.12. The maximum atomic E-state index is 12.6. The van der Waals surface area contributed by atoms with Crippen LogP contribution in [0, 0.1) is 6.92 Å². The van der Waals surface area contributed by atoms with Crippen molar-refractivity contribution in [3.05, 3.63) is 35.5 Å². The number of fused-ring (bicyclic) bond motifs is 1. The third kappa shape index (κ3) is 3.48.